The highest BCUT2D eigenvalue weighted by Crippen LogP contribution is 2.02. The number of rotatable bonds is 2. The quantitative estimate of drug-likeness (QED) is 0.632. The molecule has 1 radical (unpaired) electrons. The van der Waals surface area contributed by atoms with Crippen LogP contribution in [-0.4, -0.2) is 40.6 Å². The predicted molar refractivity (Wildman–Crippen MR) is 50.4 cm³/mol. The van der Waals surface area contributed by atoms with Gasteiger partial charge in [-0.15, -0.1) is 0 Å². The normalized spacial score (nSPS) is 19.2. The summed E-state index contributed by atoms with van der Waals surface area (Å²) < 4.78 is 2.08. The van der Waals surface area contributed by atoms with Crippen molar-refractivity contribution in [3.05, 3.63) is 18.2 Å². The third-order valence-corrected chi connectivity index (χ3v) is 2.43. The van der Waals surface area contributed by atoms with Crippen LogP contribution < -0.4 is 5.32 Å². The zero-order chi connectivity index (χ0) is 9.10. The molecule has 0 aliphatic carbocycles. The van der Waals surface area contributed by atoms with Gasteiger partial charge in [0.1, 0.15) is 5.82 Å². The SMILES string of the molecule is Cn1ccnc1CN1CC[N]CC1. The van der Waals surface area contributed by atoms with E-state index in [-0.39, 0.29) is 0 Å². The molecule has 13 heavy (non-hydrogen) atoms. The Balaban J connectivity index is 1.93. The average Bonchev–Trinajstić information content (AvgIpc) is 2.54. The fourth-order valence-corrected chi connectivity index (χ4v) is 1.55. The zero-order valence-electron chi connectivity index (χ0n) is 7.98. The van der Waals surface area contributed by atoms with Gasteiger partial charge in [-0.2, -0.15) is 0 Å². The first kappa shape index (κ1) is 8.72. The summed E-state index contributed by atoms with van der Waals surface area (Å²) in [5, 5.41) is 4.31. The van der Waals surface area contributed by atoms with E-state index in [1.165, 1.54) is 0 Å². The molecule has 1 aromatic rings. The van der Waals surface area contributed by atoms with Crippen molar-refractivity contribution in [2.24, 2.45) is 7.05 Å². The summed E-state index contributed by atoms with van der Waals surface area (Å²) in [6.45, 7) is 5.06. The molecule has 0 unspecified atom stereocenters. The molecule has 0 spiro atoms. The van der Waals surface area contributed by atoms with Crippen LogP contribution in [0, 0.1) is 0 Å². The highest BCUT2D eigenvalue weighted by molar-refractivity contribution is 4.91. The number of imidazole rings is 1. The summed E-state index contributed by atoms with van der Waals surface area (Å²) in [7, 11) is 2.04. The van der Waals surface area contributed by atoms with Gasteiger partial charge in [-0.05, 0) is 0 Å². The van der Waals surface area contributed by atoms with Crippen LogP contribution in [0.1, 0.15) is 5.82 Å². The number of hydrogen-bond donors (Lipinski definition) is 0. The molecule has 4 heteroatoms. The van der Waals surface area contributed by atoms with E-state index >= 15 is 0 Å². The highest BCUT2D eigenvalue weighted by atomic mass is 15.2. The Morgan fingerprint density at radius 3 is 2.77 bits per heavy atom. The summed E-state index contributed by atoms with van der Waals surface area (Å²) >= 11 is 0. The van der Waals surface area contributed by atoms with Crippen LogP contribution in [0.4, 0.5) is 0 Å². The second-order valence-corrected chi connectivity index (χ2v) is 3.40. The molecule has 1 fully saturated rings. The first-order valence-electron chi connectivity index (χ1n) is 4.68. The van der Waals surface area contributed by atoms with Crippen LogP contribution in [0.3, 0.4) is 0 Å². The van der Waals surface area contributed by atoms with Crippen molar-refractivity contribution in [3.63, 3.8) is 0 Å². The molecule has 2 heterocycles. The minimum absolute atomic E-state index is 0.957. The van der Waals surface area contributed by atoms with Crippen LogP contribution in [0.2, 0.25) is 0 Å². The van der Waals surface area contributed by atoms with Gasteiger partial charge in [-0.25, -0.2) is 10.3 Å². The Kier molecular flexibility index (Phi) is 2.61. The van der Waals surface area contributed by atoms with Gasteiger partial charge in [0, 0.05) is 45.6 Å². The summed E-state index contributed by atoms with van der Waals surface area (Å²) in [5.74, 6) is 1.14. The molecule has 0 N–H and O–H groups in total. The van der Waals surface area contributed by atoms with Crippen LogP contribution in [0.25, 0.3) is 0 Å². The zero-order valence-corrected chi connectivity index (χ0v) is 7.98. The fourth-order valence-electron chi connectivity index (χ4n) is 1.55. The van der Waals surface area contributed by atoms with Crippen molar-refractivity contribution in [1.29, 1.82) is 0 Å². The van der Waals surface area contributed by atoms with Gasteiger partial charge in [0.2, 0.25) is 0 Å². The van der Waals surface area contributed by atoms with Crippen LogP contribution >= 0.6 is 0 Å². The lowest BCUT2D eigenvalue weighted by Crippen LogP contribution is -2.40. The topological polar surface area (TPSA) is 35.2 Å². The fraction of sp³-hybridized carbons (Fsp3) is 0.667. The monoisotopic (exact) mass is 179 g/mol. The maximum Gasteiger partial charge on any atom is 0.122 e. The Bertz CT molecular complexity index is 262. The van der Waals surface area contributed by atoms with Crippen molar-refractivity contribution in [1.82, 2.24) is 19.8 Å². The standard InChI is InChI=1S/C9H15N4/c1-12-5-4-11-9(12)8-13-6-2-10-3-7-13/h4-5H,2-3,6-8H2,1H3. The largest absolute Gasteiger partial charge is 0.337 e. The first-order chi connectivity index (χ1) is 6.36. The van der Waals surface area contributed by atoms with Crippen molar-refractivity contribution < 1.29 is 0 Å². The van der Waals surface area contributed by atoms with E-state index in [0.717, 1.165) is 38.5 Å². The van der Waals surface area contributed by atoms with Crippen LogP contribution in [0.5, 0.6) is 0 Å². The molecular weight excluding hydrogens is 164 g/mol. The van der Waals surface area contributed by atoms with Gasteiger partial charge in [-0.3, -0.25) is 4.90 Å². The van der Waals surface area contributed by atoms with E-state index in [2.05, 4.69) is 19.8 Å². The molecule has 0 saturated carbocycles. The van der Waals surface area contributed by atoms with Gasteiger partial charge in [0.15, 0.2) is 0 Å². The average molecular weight is 179 g/mol. The molecule has 2 rings (SSSR count). The molecule has 0 aromatic carbocycles. The molecule has 1 aromatic heterocycles. The minimum Gasteiger partial charge on any atom is -0.337 e. The van der Waals surface area contributed by atoms with E-state index in [1.807, 2.05) is 19.4 Å². The van der Waals surface area contributed by atoms with E-state index in [9.17, 15) is 0 Å². The molecule has 1 aliphatic heterocycles. The summed E-state index contributed by atoms with van der Waals surface area (Å²) in [5.41, 5.74) is 0. The molecule has 0 amide bonds. The maximum atomic E-state index is 4.31. The van der Waals surface area contributed by atoms with Crippen molar-refractivity contribution >= 4 is 0 Å². The van der Waals surface area contributed by atoms with Gasteiger partial charge < -0.3 is 4.57 Å². The van der Waals surface area contributed by atoms with Crippen molar-refractivity contribution in [2.45, 2.75) is 6.54 Å². The lowest BCUT2D eigenvalue weighted by molar-refractivity contribution is 0.223. The smallest absolute Gasteiger partial charge is 0.122 e. The molecular formula is C9H15N4. The second-order valence-electron chi connectivity index (χ2n) is 3.40. The third kappa shape index (κ3) is 2.08. The predicted octanol–water partition coefficient (Wildman–Crippen LogP) is -0.160. The summed E-state index contributed by atoms with van der Waals surface area (Å²) in [4.78, 5) is 6.70. The maximum absolute atomic E-state index is 4.31. The van der Waals surface area contributed by atoms with Crippen LogP contribution in [0.15, 0.2) is 12.4 Å². The van der Waals surface area contributed by atoms with Gasteiger partial charge >= 0.3 is 0 Å². The summed E-state index contributed by atoms with van der Waals surface area (Å²) in [6.07, 6.45) is 3.84. The molecule has 1 aliphatic rings. The number of aromatic nitrogens is 2. The number of aryl methyl sites for hydroxylation is 1. The van der Waals surface area contributed by atoms with E-state index in [0.29, 0.717) is 0 Å². The molecule has 4 nitrogen and oxygen atoms in total. The summed E-state index contributed by atoms with van der Waals surface area (Å²) in [6, 6.07) is 0. The van der Waals surface area contributed by atoms with E-state index in [4.69, 9.17) is 0 Å². The first-order valence-corrected chi connectivity index (χ1v) is 4.68. The van der Waals surface area contributed by atoms with Gasteiger partial charge in [0.25, 0.3) is 0 Å². The molecule has 1 saturated heterocycles. The van der Waals surface area contributed by atoms with Crippen molar-refractivity contribution in [3.8, 4) is 0 Å². The Hall–Kier alpha value is -0.870. The highest BCUT2D eigenvalue weighted by Gasteiger charge is 2.12. The molecule has 0 bridgehead atoms. The van der Waals surface area contributed by atoms with Gasteiger partial charge in [0.05, 0.1) is 6.54 Å². The number of hydrogen-bond acceptors (Lipinski definition) is 2. The lowest BCUT2D eigenvalue weighted by atomic mass is 10.3. The minimum atomic E-state index is 0.957. The van der Waals surface area contributed by atoms with E-state index in [1.54, 1.807) is 0 Å². The van der Waals surface area contributed by atoms with Gasteiger partial charge in [-0.1, -0.05) is 0 Å². The Labute approximate surface area is 78.6 Å². The third-order valence-electron chi connectivity index (χ3n) is 2.43. The number of piperazine rings is 1. The lowest BCUT2D eigenvalue weighted by Gasteiger charge is -2.25. The molecule has 0 atom stereocenters. The Morgan fingerprint density at radius 2 is 2.15 bits per heavy atom. The second kappa shape index (κ2) is 3.89. The van der Waals surface area contributed by atoms with Crippen LogP contribution in [-0.2, 0) is 13.6 Å². The number of nitrogens with zero attached hydrogens (tertiary/aromatic N) is 4. The molecule has 71 valence electrons. The Morgan fingerprint density at radius 1 is 1.38 bits per heavy atom. The van der Waals surface area contributed by atoms with Crippen molar-refractivity contribution in [2.75, 3.05) is 26.2 Å². The van der Waals surface area contributed by atoms with E-state index < -0.39 is 0 Å².